The van der Waals surface area contributed by atoms with Crippen LogP contribution in [0.5, 0.6) is 0 Å². The smallest absolute Gasteiger partial charge is 0.240 e. The number of aromatic nitrogens is 6. The minimum absolute atomic E-state index is 0.401. The van der Waals surface area contributed by atoms with Gasteiger partial charge in [-0.3, -0.25) is 4.90 Å². The van der Waals surface area contributed by atoms with E-state index in [1.165, 1.54) is 18.5 Å². The summed E-state index contributed by atoms with van der Waals surface area (Å²) in [5.74, 6) is 3.43. The molecule has 25 heavy (non-hydrogen) atoms. The van der Waals surface area contributed by atoms with Gasteiger partial charge < -0.3 is 4.52 Å². The molecule has 0 unspecified atom stereocenters. The van der Waals surface area contributed by atoms with Gasteiger partial charge in [0.25, 0.3) is 0 Å². The second-order valence-corrected chi connectivity index (χ2v) is 7.15. The number of aryl methyl sites for hydroxylation is 1. The maximum atomic E-state index is 5.23. The highest BCUT2D eigenvalue weighted by Gasteiger charge is 2.28. The number of fused-ring (bicyclic) bond motifs is 1. The Hall–Kier alpha value is -2.35. The summed E-state index contributed by atoms with van der Waals surface area (Å²) in [4.78, 5) is 6.65. The van der Waals surface area contributed by atoms with Gasteiger partial charge in [0, 0.05) is 11.8 Å². The molecule has 130 valence electrons. The van der Waals surface area contributed by atoms with Crippen LogP contribution in [0.2, 0.25) is 0 Å². The van der Waals surface area contributed by atoms with E-state index in [9.17, 15) is 0 Å². The second-order valence-electron chi connectivity index (χ2n) is 7.15. The van der Waals surface area contributed by atoms with Crippen molar-refractivity contribution in [1.29, 1.82) is 0 Å². The Balaban J connectivity index is 1.30. The van der Waals surface area contributed by atoms with Crippen LogP contribution in [0.1, 0.15) is 60.8 Å². The third kappa shape index (κ3) is 2.90. The fraction of sp³-hybridized carbons (Fsp3) is 0.588. The minimum atomic E-state index is 0.401. The van der Waals surface area contributed by atoms with Crippen molar-refractivity contribution in [1.82, 2.24) is 34.9 Å². The second kappa shape index (κ2) is 5.87. The monoisotopic (exact) mass is 339 g/mol. The van der Waals surface area contributed by atoms with Gasteiger partial charge in [-0.15, -0.1) is 10.2 Å². The molecular weight excluding hydrogens is 318 g/mol. The Kier molecular flexibility index (Phi) is 3.51. The number of hydrogen-bond donors (Lipinski definition) is 0. The first-order valence-corrected chi connectivity index (χ1v) is 9.00. The van der Waals surface area contributed by atoms with Crippen molar-refractivity contribution in [2.75, 3.05) is 13.1 Å². The average Bonchev–Trinajstić information content (AvgIpc) is 3.28. The summed E-state index contributed by atoms with van der Waals surface area (Å²) >= 11 is 0. The van der Waals surface area contributed by atoms with E-state index in [2.05, 4.69) is 31.3 Å². The van der Waals surface area contributed by atoms with Crippen molar-refractivity contribution in [3.63, 3.8) is 0 Å². The van der Waals surface area contributed by atoms with E-state index in [-0.39, 0.29) is 0 Å². The van der Waals surface area contributed by atoms with Crippen LogP contribution in [-0.2, 0) is 6.54 Å². The molecule has 0 N–H and O–H groups in total. The molecule has 8 heteroatoms. The van der Waals surface area contributed by atoms with Gasteiger partial charge in [-0.2, -0.15) is 14.6 Å². The molecule has 1 saturated heterocycles. The largest absolute Gasteiger partial charge is 0.338 e. The first-order valence-electron chi connectivity index (χ1n) is 9.00. The van der Waals surface area contributed by atoms with Gasteiger partial charge in [-0.25, -0.2) is 0 Å². The highest BCUT2D eigenvalue weighted by atomic mass is 16.5. The SMILES string of the molecule is Cc1noc(CN2CCC(c3nnc4ccc(C5CC5)nn34)CC2)n1. The summed E-state index contributed by atoms with van der Waals surface area (Å²) in [6, 6.07) is 4.14. The molecule has 1 aliphatic heterocycles. The third-order valence-electron chi connectivity index (χ3n) is 5.18. The lowest BCUT2D eigenvalue weighted by molar-refractivity contribution is 0.178. The molecule has 8 nitrogen and oxygen atoms in total. The summed E-state index contributed by atoms with van der Waals surface area (Å²) in [7, 11) is 0. The normalized spacial score (nSPS) is 19.7. The molecule has 1 aliphatic carbocycles. The Bertz CT molecular complexity index is 889. The van der Waals surface area contributed by atoms with Crippen LogP contribution in [0, 0.1) is 6.92 Å². The van der Waals surface area contributed by atoms with Gasteiger partial charge in [0.05, 0.1) is 12.2 Å². The number of rotatable bonds is 4. The molecule has 4 heterocycles. The van der Waals surface area contributed by atoms with E-state index in [0.29, 0.717) is 23.6 Å². The van der Waals surface area contributed by atoms with Crippen LogP contribution >= 0.6 is 0 Å². The number of nitrogens with zero attached hydrogens (tertiary/aromatic N) is 7. The summed E-state index contributed by atoms with van der Waals surface area (Å²) in [6.45, 7) is 4.55. The lowest BCUT2D eigenvalue weighted by Gasteiger charge is -2.29. The molecule has 0 aromatic carbocycles. The zero-order chi connectivity index (χ0) is 16.8. The molecule has 3 aromatic heterocycles. The van der Waals surface area contributed by atoms with E-state index >= 15 is 0 Å². The molecular formula is C17H21N7O. The van der Waals surface area contributed by atoms with Crippen molar-refractivity contribution >= 4 is 5.65 Å². The molecule has 3 aromatic rings. The average molecular weight is 339 g/mol. The Morgan fingerprint density at radius 2 is 1.92 bits per heavy atom. The van der Waals surface area contributed by atoms with Crippen molar-refractivity contribution in [3.8, 4) is 0 Å². The van der Waals surface area contributed by atoms with Crippen LogP contribution in [0.3, 0.4) is 0 Å². The number of hydrogen-bond acceptors (Lipinski definition) is 7. The first-order chi connectivity index (χ1) is 12.3. The molecule has 0 bridgehead atoms. The minimum Gasteiger partial charge on any atom is -0.338 e. The van der Waals surface area contributed by atoms with Gasteiger partial charge >= 0.3 is 0 Å². The highest BCUT2D eigenvalue weighted by molar-refractivity contribution is 5.38. The first kappa shape index (κ1) is 14.9. The fourth-order valence-electron chi connectivity index (χ4n) is 3.62. The van der Waals surface area contributed by atoms with E-state index in [1.807, 2.05) is 17.5 Å². The fourth-order valence-corrected chi connectivity index (χ4v) is 3.62. The number of piperidine rings is 1. The topological polar surface area (TPSA) is 85.2 Å². The molecule has 0 radical (unpaired) electrons. The molecule has 0 atom stereocenters. The summed E-state index contributed by atoms with van der Waals surface area (Å²) in [5.41, 5.74) is 2.03. The van der Waals surface area contributed by atoms with E-state index in [1.54, 1.807) is 0 Å². The summed E-state index contributed by atoms with van der Waals surface area (Å²) in [6.07, 6.45) is 4.60. The van der Waals surface area contributed by atoms with Crippen molar-refractivity contribution in [2.45, 2.75) is 51.0 Å². The Morgan fingerprint density at radius 1 is 1.08 bits per heavy atom. The third-order valence-corrected chi connectivity index (χ3v) is 5.18. The molecule has 5 rings (SSSR count). The highest BCUT2D eigenvalue weighted by Crippen LogP contribution is 2.39. The maximum Gasteiger partial charge on any atom is 0.240 e. The van der Waals surface area contributed by atoms with Gasteiger partial charge in [0.2, 0.25) is 5.89 Å². The molecule has 0 amide bonds. The van der Waals surface area contributed by atoms with Crippen molar-refractivity contribution in [3.05, 3.63) is 35.4 Å². The maximum absolute atomic E-state index is 5.23. The Morgan fingerprint density at radius 3 is 2.64 bits per heavy atom. The van der Waals surface area contributed by atoms with Gasteiger partial charge in [-0.05, 0) is 57.8 Å². The number of likely N-dealkylation sites (tertiary alicyclic amines) is 1. The molecule has 0 spiro atoms. The van der Waals surface area contributed by atoms with Crippen LogP contribution in [-0.4, -0.2) is 47.9 Å². The summed E-state index contributed by atoms with van der Waals surface area (Å²) in [5, 5.41) is 17.4. The molecule has 2 fully saturated rings. The Labute approximate surface area is 145 Å². The van der Waals surface area contributed by atoms with Crippen LogP contribution in [0.25, 0.3) is 5.65 Å². The lowest BCUT2D eigenvalue weighted by Crippen LogP contribution is -2.33. The standard InChI is InChI=1S/C17H21N7O/c1-11-18-16(25-22-11)10-23-8-6-13(7-9-23)17-20-19-15-5-4-14(12-2-3-12)21-24(15)17/h4-5,12-13H,2-3,6-10H2,1H3. The zero-order valence-electron chi connectivity index (χ0n) is 14.3. The van der Waals surface area contributed by atoms with E-state index < -0.39 is 0 Å². The zero-order valence-corrected chi connectivity index (χ0v) is 14.3. The predicted molar refractivity (Wildman–Crippen MR) is 89.0 cm³/mol. The summed E-state index contributed by atoms with van der Waals surface area (Å²) < 4.78 is 7.19. The van der Waals surface area contributed by atoms with E-state index in [4.69, 9.17) is 9.62 Å². The lowest BCUT2D eigenvalue weighted by atomic mass is 9.96. The predicted octanol–water partition coefficient (Wildman–Crippen LogP) is 2.07. The van der Waals surface area contributed by atoms with Gasteiger partial charge in [-0.1, -0.05) is 5.16 Å². The quantitative estimate of drug-likeness (QED) is 0.719. The molecule has 1 saturated carbocycles. The van der Waals surface area contributed by atoms with Crippen LogP contribution in [0.4, 0.5) is 0 Å². The van der Waals surface area contributed by atoms with Crippen molar-refractivity contribution in [2.24, 2.45) is 0 Å². The van der Waals surface area contributed by atoms with Crippen molar-refractivity contribution < 1.29 is 4.52 Å². The van der Waals surface area contributed by atoms with Crippen LogP contribution < -0.4 is 0 Å². The van der Waals surface area contributed by atoms with Gasteiger partial charge in [0.1, 0.15) is 0 Å². The molecule has 2 aliphatic rings. The van der Waals surface area contributed by atoms with Gasteiger partial charge in [0.15, 0.2) is 17.3 Å². The van der Waals surface area contributed by atoms with E-state index in [0.717, 1.165) is 43.9 Å². The van der Waals surface area contributed by atoms with Crippen LogP contribution in [0.15, 0.2) is 16.7 Å².